The van der Waals surface area contributed by atoms with Gasteiger partial charge >= 0.3 is 0 Å². The van der Waals surface area contributed by atoms with Crippen molar-refractivity contribution in [3.8, 4) is 5.75 Å². The molecule has 0 bridgehead atoms. The summed E-state index contributed by atoms with van der Waals surface area (Å²) in [6.45, 7) is 10.3. The molecule has 8 heteroatoms. The molecule has 0 aliphatic carbocycles. The molecule has 2 heterocycles. The van der Waals surface area contributed by atoms with Crippen molar-refractivity contribution in [1.29, 1.82) is 0 Å². The van der Waals surface area contributed by atoms with Gasteiger partial charge in [-0.1, -0.05) is 37.3 Å². The van der Waals surface area contributed by atoms with Crippen LogP contribution in [0.1, 0.15) is 48.1 Å². The van der Waals surface area contributed by atoms with Gasteiger partial charge in [0.15, 0.2) is 0 Å². The van der Waals surface area contributed by atoms with Crippen molar-refractivity contribution in [1.82, 2.24) is 14.8 Å². The van der Waals surface area contributed by atoms with Gasteiger partial charge in [-0.15, -0.1) is 0 Å². The third-order valence-electron chi connectivity index (χ3n) is 7.28. The number of rotatable bonds is 9. The van der Waals surface area contributed by atoms with Crippen LogP contribution in [-0.2, 0) is 14.3 Å². The predicted octanol–water partition coefficient (Wildman–Crippen LogP) is 3.56. The van der Waals surface area contributed by atoms with Crippen LogP contribution in [0.3, 0.4) is 0 Å². The zero-order chi connectivity index (χ0) is 26.4. The van der Waals surface area contributed by atoms with Gasteiger partial charge in [0, 0.05) is 44.6 Å². The van der Waals surface area contributed by atoms with Crippen LogP contribution in [0, 0.1) is 13.8 Å². The lowest BCUT2D eigenvalue weighted by Gasteiger charge is -2.31. The summed E-state index contributed by atoms with van der Waals surface area (Å²) < 4.78 is 11.1. The van der Waals surface area contributed by atoms with E-state index < -0.39 is 0 Å². The van der Waals surface area contributed by atoms with Crippen molar-refractivity contribution in [3.05, 3.63) is 64.7 Å². The van der Waals surface area contributed by atoms with E-state index in [1.165, 1.54) is 11.1 Å². The van der Waals surface area contributed by atoms with E-state index in [9.17, 15) is 9.59 Å². The molecule has 0 spiro atoms. The van der Waals surface area contributed by atoms with Crippen LogP contribution < -0.4 is 4.74 Å². The van der Waals surface area contributed by atoms with Crippen molar-refractivity contribution in [2.24, 2.45) is 5.10 Å². The molecule has 1 atom stereocenters. The summed E-state index contributed by atoms with van der Waals surface area (Å²) in [6, 6.07) is 13.7. The van der Waals surface area contributed by atoms with Crippen LogP contribution in [-0.4, -0.2) is 85.4 Å². The Bertz CT molecular complexity index is 1140. The Balaban J connectivity index is 1.59. The van der Waals surface area contributed by atoms with Gasteiger partial charge in [0.1, 0.15) is 12.3 Å². The number of benzene rings is 2. The summed E-state index contributed by atoms with van der Waals surface area (Å²) in [5.41, 5.74) is 5.16. The first-order valence-corrected chi connectivity index (χ1v) is 13.1. The fraction of sp³-hybridized carbons (Fsp3) is 0.483. The summed E-state index contributed by atoms with van der Waals surface area (Å²) in [5.74, 6) is 0.488. The van der Waals surface area contributed by atoms with Crippen molar-refractivity contribution in [3.63, 3.8) is 0 Å². The van der Waals surface area contributed by atoms with Gasteiger partial charge in [-0.2, -0.15) is 5.10 Å². The fourth-order valence-electron chi connectivity index (χ4n) is 4.86. The summed E-state index contributed by atoms with van der Waals surface area (Å²) >= 11 is 0. The van der Waals surface area contributed by atoms with Crippen molar-refractivity contribution < 1.29 is 19.1 Å². The van der Waals surface area contributed by atoms with Gasteiger partial charge in [-0.3, -0.25) is 14.5 Å². The van der Waals surface area contributed by atoms with Crippen molar-refractivity contribution >= 4 is 17.5 Å². The number of hydrogen-bond acceptors (Lipinski definition) is 6. The Labute approximate surface area is 219 Å². The minimum absolute atomic E-state index is 0.00757. The lowest BCUT2D eigenvalue weighted by Crippen LogP contribution is -2.46. The molecular weight excluding hydrogens is 468 g/mol. The molecule has 8 nitrogen and oxygen atoms in total. The topological polar surface area (TPSA) is 74.7 Å². The normalized spacial score (nSPS) is 18.0. The van der Waals surface area contributed by atoms with Crippen LogP contribution in [0.25, 0.3) is 0 Å². The number of morpholine rings is 1. The number of ether oxygens (including phenoxy) is 2. The predicted molar refractivity (Wildman–Crippen MR) is 144 cm³/mol. The number of aryl methyl sites for hydroxylation is 2. The van der Waals surface area contributed by atoms with E-state index in [-0.39, 0.29) is 24.4 Å². The Morgan fingerprint density at radius 3 is 2.57 bits per heavy atom. The summed E-state index contributed by atoms with van der Waals surface area (Å²) in [5, 5.41) is 6.39. The van der Waals surface area contributed by atoms with Crippen LogP contribution >= 0.6 is 0 Å². The monoisotopic (exact) mass is 506 g/mol. The number of amides is 2. The number of carbonyl (C=O) groups excluding carboxylic acids is 2. The smallest absolute Gasteiger partial charge is 0.262 e. The van der Waals surface area contributed by atoms with E-state index >= 15 is 0 Å². The van der Waals surface area contributed by atoms with Crippen LogP contribution in [0.5, 0.6) is 5.75 Å². The van der Waals surface area contributed by atoms with Gasteiger partial charge in [0.25, 0.3) is 5.91 Å². The molecule has 4 rings (SSSR count). The maximum atomic E-state index is 13.8. The van der Waals surface area contributed by atoms with E-state index in [0.29, 0.717) is 32.6 Å². The molecule has 2 aliphatic heterocycles. The van der Waals surface area contributed by atoms with Crippen molar-refractivity contribution in [2.75, 3.05) is 53.0 Å². The molecular formula is C29H38N4O4. The number of hydrogen-bond donors (Lipinski definition) is 0. The molecule has 2 amide bonds. The number of hydrazone groups is 1. The zero-order valence-electron chi connectivity index (χ0n) is 22.4. The molecule has 2 aromatic rings. The first-order valence-electron chi connectivity index (χ1n) is 13.1. The molecule has 1 saturated heterocycles. The first-order chi connectivity index (χ1) is 17.9. The Kier molecular flexibility index (Phi) is 8.95. The van der Waals surface area contributed by atoms with Gasteiger partial charge < -0.3 is 14.4 Å². The van der Waals surface area contributed by atoms with E-state index in [4.69, 9.17) is 14.6 Å². The summed E-state index contributed by atoms with van der Waals surface area (Å²) in [6.07, 6.45) is 0.924. The number of nitrogens with zero attached hydrogens (tertiary/aromatic N) is 4. The number of para-hydroxylation sites is 1. The maximum absolute atomic E-state index is 13.8. The highest BCUT2D eigenvalue weighted by Crippen LogP contribution is 2.37. The van der Waals surface area contributed by atoms with E-state index in [1.54, 1.807) is 17.0 Å². The summed E-state index contributed by atoms with van der Waals surface area (Å²) in [7, 11) is 1.64. The molecule has 2 aliphatic rings. The van der Waals surface area contributed by atoms with E-state index in [2.05, 4.69) is 36.9 Å². The largest absolute Gasteiger partial charge is 0.496 e. The van der Waals surface area contributed by atoms with Gasteiger partial charge in [0.2, 0.25) is 5.91 Å². The molecule has 0 saturated carbocycles. The standard InChI is InChI=1S/C29H38N4O4/c1-5-28(34)32(13-12-31-14-16-37-17-15-31)20-29(35)33-26(24-8-6-7-9-27(24)36-4)19-25(30-33)23-11-10-21(2)22(3)18-23/h6-11,18,26H,5,12-17,19-20H2,1-4H3/t26-/m0/s1. The molecule has 0 aromatic heterocycles. The molecule has 0 N–H and O–H groups in total. The van der Waals surface area contributed by atoms with Gasteiger partial charge in [0.05, 0.1) is 32.1 Å². The zero-order valence-corrected chi connectivity index (χ0v) is 22.4. The Morgan fingerprint density at radius 1 is 1.11 bits per heavy atom. The van der Waals surface area contributed by atoms with E-state index in [0.717, 1.165) is 42.2 Å². The van der Waals surface area contributed by atoms with Crippen LogP contribution in [0.2, 0.25) is 0 Å². The average molecular weight is 507 g/mol. The SMILES string of the molecule is CCC(=O)N(CCN1CCOCC1)CC(=O)N1N=C(c2ccc(C)c(C)c2)C[C@H]1c1ccccc1OC. The quantitative estimate of drug-likeness (QED) is 0.520. The number of methoxy groups -OCH3 is 1. The second-order valence-electron chi connectivity index (χ2n) is 9.67. The molecule has 0 unspecified atom stereocenters. The van der Waals surface area contributed by atoms with Crippen LogP contribution in [0.15, 0.2) is 47.6 Å². The lowest BCUT2D eigenvalue weighted by molar-refractivity contribution is -0.141. The second kappa shape index (κ2) is 12.3. The average Bonchev–Trinajstić information content (AvgIpc) is 3.38. The molecule has 198 valence electrons. The highest BCUT2D eigenvalue weighted by molar-refractivity contribution is 6.03. The summed E-state index contributed by atoms with van der Waals surface area (Å²) in [4.78, 5) is 30.5. The van der Waals surface area contributed by atoms with Crippen molar-refractivity contribution in [2.45, 2.75) is 39.7 Å². The second-order valence-corrected chi connectivity index (χ2v) is 9.67. The molecule has 0 radical (unpaired) electrons. The third kappa shape index (κ3) is 6.37. The van der Waals surface area contributed by atoms with Gasteiger partial charge in [-0.05, 0) is 42.7 Å². The third-order valence-corrected chi connectivity index (χ3v) is 7.28. The minimum Gasteiger partial charge on any atom is -0.496 e. The van der Waals surface area contributed by atoms with Gasteiger partial charge in [-0.25, -0.2) is 5.01 Å². The molecule has 37 heavy (non-hydrogen) atoms. The number of carbonyl (C=O) groups is 2. The maximum Gasteiger partial charge on any atom is 0.262 e. The molecule has 1 fully saturated rings. The van der Waals surface area contributed by atoms with Crippen LogP contribution in [0.4, 0.5) is 0 Å². The Hall–Kier alpha value is -3.23. The first kappa shape index (κ1) is 26.8. The highest BCUT2D eigenvalue weighted by atomic mass is 16.5. The Morgan fingerprint density at radius 2 is 1.86 bits per heavy atom. The lowest BCUT2D eigenvalue weighted by atomic mass is 9.96. The molecule has 2 aromatic carbocycles. The minimum atomic E-state index is -0.307. The fourth-order valence-corrected chi connectivity index (χ4v) is 4.86. The highest BCUT2D eigenvalue weighted by Gasteiger charge is 2.36. The van der Waals surface area contributed by atoms with E-state index in [1.807, 2.05) is 31.2 Å².